The van der Waals surface area contributed by atoms with Crippen molar-refractivity contribution >= 4 is 23.3 Å². The highest BCUT2D eigenvalue weighted by atomic mass is 32.1. The van der Waals surface area contributed by atoms with Gasteiger partial charge in [-0.15, -0.1) is 0 Å². The van der Waals surface area contributed by atoms with E-state index in [-0.39, 0.29) is 11.8 Å². The molecule has 2 aliphatic rings. The van der Waals surface area contributed by atoms with Crippen LogP contribution in [-0.4, -0.2) is 77.7 Å². The van der Waals surface area contributed by atoms with E-state index in [9.17, 15) is 18.0 Å². The number of hydrogen-bond acceptors (Lipinski definition) is 8. The van der Waals surface area contributed by atoms with E-state index in [1.165, 1.54) is 5.56 Å². The Labute approximate surface area is 228 Å². The summed E-state index contributed by atoms with van der Waals surface area (Å²) in [6.07, 6.45) is 1.81. The van der Waals surface area contributed by atoms with Gasteiger partial charge in [-0.3, -0.25) is 4.79 Å². The van der Waals surface area contributed by atoms with E-state index in [0.29, 0.717) is 26.4 Å². The van der Waals surface area contributed by atoms with Crippen molar-refractivity contribution in [1.82, 2.24) is 9.88 Å². The average molecular weight is 575 g/mol. The molecule has 0 saturated carbocycles. The molecule has 2 N–H and O–H groups in total. The number of likely N-dealkylation sites (tertiary alicyclic amines) is 1. The number of ether oxygens (including phenoxy) is 3. The van der Waals surface area contributed by atoms with Crippen LogP contribution < -0.4 is 14.2 Å². The molecule has 0 atom stereocenters. The molecule has 0 aliphatic carbocycles. The van der Waals surface area contributed by atoms with Crippen LogP contribution in [-0.2, 0) is 21.4 Å². The Bertz CT molecular complexity index is 1100. The van der Waals surface area contributed by atoms with Crippen molar-refractivity contribution in [3.05, 3.63) is 35.0 Å². The maximum Gasteiger partial charge on any atom is 0.490 e. The van der Waals surface area contributed by atoms with Crippen LogP contribution in [0.5, 0.6) is 16.6 Å². The maximum atomic E-state index is 10.8. The largest absolute Gasteiger partial charge is 0.493 e. The number of alkyl halides is 3. The highest BCUT2D eigenvalue weighted by molar-refractivity contribution is 7.13. The third-order valence-corrected chi connectivity index (χ3v) is 7.49. The quantitative estimate of drug-likeness (QED) is 0.366. The molecule has 0 radical (unpaired) electrons. The first-order chi connectivity index (χ1) is 18.5. The molecule has 9 nitrogen and oxygen atoms in total. The lowest BCUT2D eigenvalue weighted by molar-refractivity contribution is -0.192. The lowest BCUT2D eigenvalue weighted by Gasteiger charge is -2.38. The second-order valence-corrected chi connectivity index (χ2v) is 10.5. The number of carboxylic acid groups (broad SMARTS) is 2. The summed E-state index contributed by atoms with van der Waals surface area (Å²) in [5.41, 5.74) is 1.31. The number of fused-ring (bicyclic) bond motifs is 2. The first-order valence-electron chi connectivity index (χ1n) is 12.7. The molecule has 1 aromatic carbocycles. The smallest absolute Gasteiger partial charge is 0.490 e. The van der Waals surface area contributed by atoms with Crippen LogP contribution in [0.1, 0.15) is 49.6 Å². The molecule has 216 valence electrons. The maximum absolute atomic E-state index is 10.8. The SMILES string of the molecule is CCCc1ncc(OCCCOc2ccc3c(c2)OCC32CCN(CCC(=O)O)CC2)s1.O=C(O)C(F)(F)F. The number of halogens is 3. The Balaban J connectivity index is 0.000000532. The van der Waals surface area contributed by atoms with E-state index in [1.54, 1.807) is 17.5 Å². The third-order valence-electron chi connectivity index (χ3n) is 6.52. The molecule has 2 aromatic rings. The van der Waals surface area contributed by atoms with E-state index < -0.39 is 18.1 Å². The minimum atomic E-state index is -5.08. The lowest BCUT2D eigenvalue weighted by Crippen LogP contribution is -2.44. The van der Waals surface area contributed by atoms with Gasteiger partial charge in [-0.2, -0.15) is 13.2 Å². The fourth-order valence-corrected chi connectivity index (χ4v) is 5.32. The first kappa shape index (κ1) is 30.5. The summed E-state index contributed by atoms with van der Waals surface area (Å²) in [4.78, 5) is 26.3. The van der Waals surface area contributed by atoms with E-state index in [0.717, 1.165) is 66.8 Å². The van der Waals surface area contributed by atoms with Gasteiger partial charge in [0.1, 0.15) is 11.5 Å². The molecule has 3 heterocycles. The fraction of sp³-hybridized carbons (Fsp3) is 0.577. The normalized spacial score (nSPS) is 16.1. The Hall–Kier alpha value is -3.06. The Morgan fingerprint density at radius 3 is 2.51 bits per heavy atom. The van der Waals surface area contributed by atoms with Gasteiger partial charge < -0.3 is 29.3 Å². The standard InChI is InChI=1S/C24H32N2O5S.C2HF3O2/c1-2-4-21-25-16-23(32-21)30-14-3-13-29-18-5-6-19-20(15-18)31-17-24(19)8-11-26(12-9-24)10-7-22(27)28;3-2(4,5)1(6)7/h5-6,15-16H,2-4,7-14,17H2,1H3,(H,27,28);(H,6,7). The number of piperidine rings is 1. The second-order valence-electron chi connectivity index (χ2n) is 9.39. The molecular formula is C26H33F3N2O7S. The molecule has 1 fully saturated rings. The number of rotatable bonds is 11. The highest BCUT2D eigenvalue weighted by Crippen LogP contribution is 2.46. The second kappa shape index (κ2) is 13.8. The van der Waals surface area contributed by atoms with Gasteiger partial charge in [0.25, 0.3) is 0 Å². The molecule has 39 heavy (non-hydrogen) atoms. The summed E-state index contributed by atoms with van der Waals surface area (Å²) in [7, 11) is 0. The zero-order valence-electron chi connectivity index (χ0n) is 21.7. The van der Waals surface area contributed by atoms with E-state index in [4.69, 9.17) is 29.2 Å². The Kier molecular flexibility index (Phi) is 10.8. The van der Waals surface area contributed by atoms with E-state index in [2.05, 4.69) is 22.9 Å². The summed E-state index contributed by atoms with van der Waals surface area (Å²) in [5, 5.41) is 18.0. The van der Waals surface area contributed by atoms with Crippen LogP contribution in [0.2, 0.25) is 0 Å². The van der Waals surface area contributed by atoms with E-state index in [1.807, 2.05) is 12.1 Å². The monoisotopic (exact) mass is 574 g/mol. The minimum absolute atomic E-state index is 0.0484. The van der Waals surface area contributed by atoms with E-state index >= 15 is 0 Å². The molecular weight excluding hydrogens is 541 g/mol. The van der Waals surface area contributed by atoms with Crippen molar-refractivity contribution in [3.63, 3.8) is 0 Å². The van der Waals surface area contributed by atoms with Gasteiger partial charge in [-0.1, -0.05) is 24.3 Å². The molecule has 1 spiro atoms. The Morgan fingerprint density at radius 2 is 1.87 bits per heavy atom. The van der Waals surface area contributed by atoms with Gasteiger partial charge in [-0.05, 0) is 44.8 Å². The van der Waals surface area contributed by atoms with Gasteiger partial charge in [0.15, 0.2) is 5.06 Å². The van der Waals surface area contributed by atoms with Crippen LogP contribution in [0.15, 0.2) is 24.4 Å². The van der Waals surface area contributed by atoms with Crippen molar-refractivity contribution in [1.29, 1.82) is 0 Å². The zero-order chi connectivity index (χ0) is 28.5. The predicted molar refractivity (Wildman–Crippen MR) is 137 cm³/mol. The number of aliphatic carboxylic acids is 2. The number of benzene rings is 1. The van der Waals surface area contributed by atoms with Gasteiger partial charge in [0, 0.05) is 30.0 Å². The molecule has 1 saturated heterocycles. The van der Waals surface area contributed by atoms with Crippen molar-refractivity contribution in [2.24, 2.45) is 0 Å². The number of nitrogens with zero attached hydrogens (tertiary/aromatic N) is 2. The molecule has 4 rings (SSSR count). The fourth-order valence-electron chi connectivity index (χ4n) is 4.43. The summed E-state index contributed by atoms with van der Waals surface area (Å²) in [6, 6.07) is 6.18. The van der Waals surface area contributed by atoms with Crippen LogP contribution in [0.4, 0.5) is 13.2 Å². The number of aromatic nitrogens is 1. The molecule has 0 bridgehead atoms. The minimum Gasteiger partial charge on any atom is -0.493 e. The number of carboxylic acids is 2. The summed E-state index contributed by atoms with van der Waals surface area (Å²) < 4.78 is 49.5. The molecule has 0 unspecified atom stereocenters. The molecule has 13 heteroatoms. The molecule has 1 aromatic heterocycles. The van der Waals surface area contributed by atoms with Gasteiger partial charge in [0.2, 0.25) is 0 Å². The lowest BCUT2D eigenvalue weighted by atomic mass is 9.74. The zero-order valence-corrected chi connectivity index (χ0v) is 22.5. The summed E-state index contributed by atoms with van der Waals surface area (Å²) in [5.74, 6) is -1.75. The Morgan fingerprint density at radius 1 is 1.18 bits per heavy atom. The van der Waals surface area contributed by atoms with Gasteiger partial charge in [-0.25, -0.2) is 9.78 Å². The predicted octanol–water partition coefficient (Wildman–Crippen LogP) is 4.78. The summed E-state index contributed by atoms with van der Waals surface area (Å²) >= 11 is 1.62. The topological polar surface area (TPSA) is 118 Å². The average Bonchev–Trinajstić information content (AvgIpc) is 3.48. The van der Waals surface area contributed by atoms with Crippen molar-refractivity contribution in [2.75, 3.05) is 39.5 Å². The van der Waals surface area contributed by atoms with Gasteiger partial charge >= 0.3 is 18.1 Å². The van der Waals surface area contributed by atoms with Crippen molar-refractivity contribution in [2.45, 2.75) is 57.0 Å². The summed E-state index contributed by atoms with van der Waals surface area (Å²) in [6.45, 7) is 6.48. The van der Waals surface area contributed by atoms with Crippen LogP contribution in [0.3, 0.4) is 0 Å². The van der Waals surface area contributed by atoms with Crippen LogP contribution in [0.25, 0.3) is 0 Å². The van der Waals surface area contributed by atoms with Crippen molar-refractivity contribution in [3.8, 4) is 16.6 Å². The number of aryl methyl sites for hydroxylation is 1. The number of hydrogen-bond donors (Lipinski definition) is 2. The van der Waals surface area contributed by atoms with Gasteiger partial charge in [0.05, 0.1) is 37.4 Å². The molecule has 0 amide bonds. The number of thiazole rings is 1. The van der Waals surface area contributed by atoms with Crippen LogP contribution in [0, 0.1) is 0 Å². The molecule has 2 aliphatic heterocycles. The third kappa shape index (κ3) is 8.99. The highest BCUT2D eigenvalue weighted by Gasteiger charge is 2.43. The van der Waals surface area contributed by atoms with Crippen molar-refractivity contribution < 1.29 is 47.2 Å². The van der Waals surface area contributed by atoms with Crippen LogP contribution >= 0.6 is 11.3 Å². The first-order valence-corrected chi connectivity index (χ1v) is 13.6. The number of carbonyl (C=O) groups is 2.